The molecular formula is C21H18ClN3O2S. The van der Waals surface area contributed by atoms with E-state index in [1.54, 1.807) is 15.2 Å². The summed E-state index contributed by atoms with van der Waals surface area (Å²) in [4.78, 5) is 33.4. The Balaban J connectivity index is 1.39. The molecule has 2 heterocycles. The molecule has 0 bridgehead atoms. The second-order valence-electron chi connectivity index (χ2n) is 6.50. The zero-order chi connectivity index (χ0) is 19.5. The molecule has 1 aliphatic heterocycles. The first kappa shape index (κ1) is 18.7. The zero-order valence-electron chi connectivity index (χ0n) is 15.0. The van der Waals surface area contributed by atoms with Crippen molar-refractivity contribution in [1.82, 2.24) is 14.8 Å². The van der Waals surface area contributed by atoms with Gasteiger partial charge >= 0.3 is 0 Å². The second kappa shape index (κ2) is 8.12. The highest BCUT2D eigenvalue weighted by Gasteiger charge is 2.26. The van der Waals surface area contributed by atoms with E-state index in [-0.39, 0.29) is 11.8 Å². The first-order chi connectivity index (χ1) is 13.6. The molecule has 1 saturated heterocycles. The van der Waals surface area contributed by atoms with Gasteiger partial charge in [-0.05, 0) is 24.3 Å². The van der Waals surface area contributed by atoms with E-state index in [2.05, 4.69) is 4.98 Å². The van der Waals surface area contributed by atoms with Crippen LogP contribution in [0, 0.1) is 0 Å². The molecule has 142 valence electrons. The third kappa shape index (κ3) is 3.93. The normalized spacial score (nSPS) is 14.2. The largest absolute Gasteiger partial charge is 0.335 e. The Bertz CT molecular complexity index is 980. The summed E-state index contributed by atoms with van der Waals surface area (Å²) in [6, 6.07) is 16.6. The number of aromatic nitrogens is 1. The number of hydrogen-bond acceptors (Lipinski definition) is 4. The minimum Gasteiger partial charge on any atom is -0.335 e. The molecule has 0 aliphatic carbocycles. The second-order valence-corrected chi connectivity index (χ2v) is 7.79. The SMILES string of the molecule is O=C(c1ccccc1)N1CCN(C(=O)c2csc(-c3ccc(Cl)cc3)n2)CC1. The van der Waals surface area contributed by atoms with E-state index in [4.69, 9.17) is 11.6 Å². The van der Waals surface area contributed by atoms with E-state index in [1.807, 2.05) is 54.6 Å². The predicted octanol–water partition coefficient (Wildman–Crippen LogP) is 4.06. The Hall–Kier alpha value is -2.70. The van der Waals surface area contributed by atoms with Crippen LogP contribution >= 0.6 is 22.9 Å². The number of carbonyl (C=O) groups excluding carboxylic acids is 2. The van der Waals surface area contributed by atoms with Crippen LogP contribution in [0.25, 0.3) is 10.6 Å². The van der Waals surface area contributed by atoms with E-state index in [1.165, 1.54) is 11.3 Å². The number of piperazine rings is 1. The van der Waals surface area contributed by atoms with Gasteiger partial charge in [0.15, 0.2) is 0 Å². The van der Waals surface area contributed by atoms with Gasteiger partial charge in [0.2, 0.25) is 0 Å². The predicted molar refractivity (Wildman–Crippen MR) is 111 cm³/mol. The summed E-state index contributed by atoms with van der Waals surface area (Å²) >= 11 is 7.36. The summed E-state index contributed by atoms with van der Waals surface area (Å²) in [7, 11) is 0. The van der Waals surface area contributed by atoms with Crippen LogP contribution in [-0.4, -0.2) is 52.8 Å². The Labute approximate surface area is 172 Å². The van der Waals surface area contributed by atoms with Crippen LogP contribution in [0.4, 0.5) is 0 Å². The lowest BCUT2D eigenvalue weighted by Crippen LogP contribution is -2.50. The highest BCUT2D eigenvalue weighted by molar-refractivity contribution is 7.13. The molecule has 0 saturated carbocycles. The van der Waals surface area contributed by atoms with E-state index < -0.39 is 0 Å². The van der Waals surface area contributed by atoms with Gasteiger partial charge in [-0.3, -0.25) is 9.59 Å². The monoisotopic (exact) mass is 411 g/mol. The van der Waals surface area contributed by atoms with Crippen molar-refractivity contribution in [2.75, 3.05) is 26.2 Å². The third-order valence-corrected chi connectivity index (χ3v) is 5.83. The van der Waals surface area contributed by atoms with E-state index in [0.29, 0.717) is 42.5 Å². The van der Waals surface area contributed by atoms with Gasteiger partial charge in [0.25, 0.3) is 11.8 Å². The first-order valence-corrected chi connectivity index (χ1v) is 10.2. The number of thiazole rings is 1. The minimum atomic E-state index is -0.0942. The van der Waals surface area contributed by atoms with Crippen molar-refractivity contribution in [2.45, 2.75) is 0 Å². The van der Waals surface area contributed by atoms with Gasteiger partial charge in [0.1, 0.15) is 10.7 Å². The van der Waals surface area contributed by atoms with E-state index in [9.17, 15) is 9.59 Å². The molecule has 7 heteroatoms. The summed E-state index contributed by atoms with van der Waals surface area (Å²) in [6.07, 6.45) is 0. The van der Waals surface area contributed by atoms with Gasteiger partial charge in [-0.25, -0.2) is 4.98 Å². The Morgan fingerprint density at radius 1 is 0.857 bits per heavy atom. The fourth-order valence-electron chi connectivity index (χ4n) is 3.13. The molecule has 2 amide bonds. The lowest BCUT2D eigenvalue weighted by molar-refractivity contribution is 0.0533. The molecule has 4 rings (SSSR count). The fourth-order valence-corrected chi connectivity index (χ4v) is 4.06. The van der Waals surface area contributed by atoms with Crippen LogP contribution in [0.3, 0.4) is 0 Å². The van der Waals surface area contributed by atoms with Crippen LogP contribution in [0.1, 0.15) is 20.8 Å². The molecule has 5 nitrogen and oxygen atoms in total. The lowest BCUT2D eigenvalue weighted by atomic mass is 10.2. The van der Waals surface area contributed by atoms with Crippen molar-refractivity contribution >= 4 is 34.8 Å². The van der Waals surface area contributed by atoms with Crippen LogP contribution in [0.5, 0.6) is 0 Å². The summed E-state index contributed by atoms with van der Waals surface area (Å²) in [5.41, 5.74) is 2.05. The average molecular weight is 412 g/mol. The number of amides is 2. The number of carbonyl (C=O) groups is 2. The number of nitrogens with zero attached hydrogens (tertiary/aromatic N) is 3. The summed E-state index contributed by atoms with van der Waals surface area (Å²) in [5.74, 6) is -0.0883. The first-order valence-electron chi connectivity index (χ1n) is 8.97. The minimum absolute atomic E-state index is 0.00591. The summed E-state index contributed by atoms with van der Waals surface area (Å²) in [6.45, 7) is 2.05. The van der Waals surface area contributed by atoms with Crippen LogP contribution in [0.15, 0.2) is 60.0 Å². The molecule has 1 aliphatic rings. The number of benzene rings is 2. The van der Waals surface area contributed by atoms with Crippen LogP contribution in [0.2, 0.25) is 5.02 Å². The smallest absolute Gasteiger partial charge is 0.273 e. The van der Waals surface area contributed by atoms with E-state index in [0.717, 1.165) is 10.6 Å². The molecule has 28 heavy (non-hydrogen) atoms. The number of hydrogen-bond donors (Lipinski definition) is 0. The summed E-state index contributed by atoms with van der Waals surface area (Å²) in [5, 5.41) is 3.24. The standard InChI is InChI=1S/C21H18ClN3O2S/c22-17-8-6-15(7-9-17)19-23-18(14-28-19)21(27)25-12-10-24(11-13-25)20(26)16-4-2-1-3-5-16/h1-9,14H,10-13H2. The van der Waals surface area contributed by atoms with Crippen molar-refractivity contribution in [1.29, 1.82) is 0 Å². The van der Waals surface area contributed by atoms with Crippen molar-refractivity contribution in [2.24, 2.45) is 0 Å². The average Bonchev–Trinajstić information content (AvgIpc) is 3.24. The molecule has 1 fully saturated rings. The molecule has 3 aromatic rings. The quantitative estimate of drug-likeness (QED) is 0.653. The summed E-state index contributed by atoms with van der Waals surface area (Å²) < 4.78 is 0. The molecule has 1 aromatic heterocycles. The van der Waals surface area contributed by atoms with Gasteiger partial charge in [-0.15, -0.1) is 11.3 Å². The maximum atomic E-state index is 12.8. The third-order valence-electron chi connectivity index (χ3n) is 4.69. The molecule has 0 radical (unpaired) electrons. The molecule has 0 unspecified atom stereocenters. The van der Waals surface area contributed by atoms with Crippen molar-refractivity contribution in [3.8, 4) is 10.6 Å². The Kier molecular flexibility index (Phi) is 5.41. The Morgan fingerprint density at radius 2 is 1.46 bits per heavy atom. The molecule has 2 aromatic carbocycles. The van der Waals surface area contributed by atoms with Crippen LogP contribution < -0.4 is 0 Å². The van der Waals surface area contributed by atoms with Gasteiger partial charge in [0.05, 0.1) is 0 Å². The maximum absolute atomic E-state index is 12.8. The van der Waals surface area contributed by atoms with Crippen molar-refractivity contribution < 1.29 is 9.59 Å². The van der Waals surface area contributed by atoms with Crippen molar-refractivity contribution in [3.05, 3.63) is 76.3 Å². The molecule has 0 N–H and O–H groups in total. The molecule has 0 spiro atoms. The number of rotatable bonds is 3. The lowest BCUT2D eigenvalue weighted by Gasteiger charge is -2.34. The van der Waals surface area contributed by atoms with Crippen LogP contribution in [-0.2, 0) is 0 Å². The van der Waals surface area contributed by atoms with Crippen molar-refractivity contribution in [3.63, 3.8) is 0 Å². The zero-order valence-corrected chi connectivity index (χ0v) is 16.6. The Morgan fingerprint density at radius 3 is 2.11 bits per heavy atom. The van der Waals surface area contributed by atoms with Gasteiger partial charge in [0, 0.05) is 47.7 Å². The highest BCUT2D eigenvalue weighted by atomic mass is 35.5. The number of halogens is 1. The maximum Gasteiger partial charge on any atom is 0.273 e. The fraction of sp³-hybridized carbons (Fsp3) is 0.190. The molecular weight excluding hydrogens is 394 g/mol. The highest BCUT2D eigenvalue weighted by Crippen LogP contribution is 2.25. The van der Waals surface area contributed by atoms with E-state index >= 15 is 0 Å². The van der Waals surface area contributed by atoms with Gasteiger partial charge in [-0.1, -0.05) is 41.9 Å². The topological polar surface area (TPSA) is 53.5 Å². The van der Waals surface area contributed by atoms with Gasteiger partial charge in [-0.2, -0.15) is 0 Å². The van der Waals surface area contributed by atoms with Gasteiger partial charge < -0.3 is 9.80 Å². The molecule has 0 atom stereocenters.